The van der Waals surface area contributed by atoms with E-state index in [2.05, 4.69) is 73.0 Å². The summed E-state index contributed by atoms with van der Waals surface area (Å²) in [4.78, 5) is 37.4. The molecule has 6 nitrogen and oxygen atoms in total. The van der Waals surface area contributed by atoms with Gasteiger partial charge in [0.1, 0.15) is 17.4 Å². The largest absolute Gasteiger partial charge is 0.478 e. The van der Waals surface area contributed by atoms with Crippen LogP contribution in [0.3, 0.4) is 0 Å². The molecule has 0 aliphatic rings. The van der Waals surface area contributed by atoms with Gasteiger partial charge in [0.2, 0.25) is 5.91 Å². The highest BCUT2D eigenvalue weighted by Gasteiger charge is 2.27. The predicted octanol–water partition coefficient (Wildman–Crippen LogP) is 8.38. The average Bonchev–Trinajstić information content (AvgIpc) is 2.94. The number of benzene rings is 1. The zero-order valence-corrected chi connectivity index (χ0v) is 25.3. The topological polar surface area (TPSA) is 92.7 Å². The van der Waals surface area contributed by atoms with Crippen LogP contribution in [0.5, 0.6) is 5.75 Å². The van der Waals surface area contributed by atoms with Crippen molar-refractivity contribution in [2.45, 2.75) is 91.5 Å². The lowest BCUT2D eigenvalue weighted by Crippen LogP contribution is -2.46. The SMILES string of the molecule is CCC=CCC=CCC=CCC=CCC=CCCC(CC)C(=O)NC(CC(C)C)C(=O)Oc1ccccc1C(=O)O. The summed E-state index contributed by atoms with van der Waals surface area (Å²) in [6.07, 6.45) is 28.9. The number of carboxylic acids is 1. The number of allylic oxidation sites excluding steroid dienone is 10. The minimum Gasteiger partial charge on any atom is -0.478 e. The molecule has 0 heterocycles. The molecule has 1 aromatic rings. The molecule has 2 N–H and O–H groups in total. The normalized spacial score (nSPS) is 13.7. The second-order valence-electron chi connectivity index (χ2n) is 10.3. The number of hydrogen-bond donors (Lipinski definition) is 2. The summed E-state index contributed by atoms with van der Waals surface area (Å²) in [5.74, 6) is -2.16. The lowest BCUT2D eigenvalue weighted by Gasteiger charge is -2.22. The molecule has 41 heavy (non-hydrogen) atoms. The number of nitrogens with one attached hydrogen (secondary N) is 1. The minimum absolute atomic E-state index is 0.0292. The van der Waals surface area contributed by atoms with E-state index in [1.165, 1.54) is 12.1 Å². The molecule has 0 radical (unpaired) electrons. The van der Waals surface area contributed by atoms with E-state index in [4.69, 9.17) is 4.74 Å². The number of carbonyl (C=O) groups excluding carboxylic acids is 2. The molecule has 6 heteroatoms. The molecule has 2 unspecified atom stereocenters. The molecule has 0 spiro atoms. The van der Waals surface area contributed by atoms with Gasteiger partial charge in [0.05, 0.1) is 0 Å². The summed E-state index contributed by atoms with van der Waals surface area (Å²) in [5, 5.41) is 12.2. The molecule has 0 aliphatic heterocycles. The Morgan fingerprint density at radius 3 is 1.88 bits per heavy atom. The van der Waals surface area contributed by atoms with Crippen LogP contribution in [0.1, 0.15) is 95.8 Å². The maximum atomic E-state index is 13.0. The van der Waals surface area contributed by atoms with Gasteiger partial charge in [-0.3, -0.25) is 4.79 Å². The molecule has 1 aromatic carbocycles. The van der Waals surface area contributed by atoms with E-state index in [1.807, 2.05) is 20.8 Å². The number of hydrogen-bond acceptors (Lipinski definition) is 4. The van der Waals surface area contributed by atoms with Gasteiger partial charge in [0.15, 0.2) is 0 Å². The van der Waals surface area contributed by atoms with Crippen LogP contribution in [0, 0.1) is 11.8 Å². The van der Waals surface area contributed by atoms with Gasteiger partial charge in [-0.05, 0) is 75.8 Å². The summed E-state index contributed by atoms with van der Waals surface area (Å²) < 4.78 is 5.42. The van der Waals surface area contributed by atoms with E-state index >= 15 is 0 Å². The molecule has 0 bridgehead atoms. The van der Waals surface area contributed by atoms with Crippen molar-refractivity contribution >= 4 is 17.8 Å². The van der Waals surface area contributed by atoms with E-state index in [9.17, 15) is 19.5 Å². The summed E-state index contributed by atoms with van der Waals surface area (Å²) in [7, 11) is 0. The van der Waals surface area contributed by atoms with E-state index < -0.39 is 18.0 Å². The van der Waals surface area contributed by atoms with E-state index in [-0.39, 0.29) is 29.1 Å². The van der Waals surface area contributed by atoms with Gasteiger partial charge >= 0.3 is 11.9 Å². The number of carboxylic acid groups (broad SMARTS) is 1. The molecule has 1 rings (SSSR count). The minimum atomic E-state index is -1.18. The molecule has 0 saturated heterocycles. The maximum Gasteiger partial charge on any atom is 0.339 e. The van der Waals surface area contributed by atoms with Crippen molar-refractivity contribution in [3.05, 3.63) is 90.6 Å². The van der Waals surface area contributed by atoms with Crippen molar-refractivity contribution in [1.29, 1.82) is 0 Å². The average molecular weight is 564 g/mol. The fraction of sp³-hybridized carbons (Fsp3) is 0.457. The third-order valence-corrected chi connectivity index (χ3v) is 6.34. The Morgan fingerprint density at radius 1 is 0.829 bits per heavy atom. The van der Waals surface area contributed by atoms with Crippen molar-refractivity contribution in [2.24, 2.45) is 11.8 Å². The smallest absolute Gasteiger partial charge is 0.339 e. The molecule has 224 valence electrons. The van der Waals surface area contributed by atoms with E-state index in [1.54, 1.807) is 12.1 Å². The van der Waals surface area contributed by atoms with Gasteiger partial charge in [-0.15, -0.1) is 0 Å². The molecule has 0 aliphatic carbocycles. The maximum absolute atomic E-state index is 13.0. The number of para-hydroxylation sites is 1. The van der Waals surface area contributed by atoms with Crippen molar-refractivity contribution < 1.29 is 24.2 Å². The zero-order chi connectivity index (χ0) is 30.3. The Balaban J connectivity index is 2.49. The van der Waals surface area contributed by atoms with Crippen molar-refractivity contribution in [3.8, 4) is 5.75 Å². The van der Waals surface area contributed by atoms with Gasteiger partial charge < -0.3 is 15.2 Å². The first-order chi connectivity index (χ1) is 19.8. The van der Waals surface area contributed by atoms with Crippen LogP contribution in [0.15, 0.2) is 85.0 Å². The van der Waals surface area contributed by atoms with Gasteiger partial charge in [0.25, 0.3) is 0 Å². The van der Waals surface area contributed by atoms with Crippen LogP contribution in [0.2, 0.25) is 0 Å². The van der Waals surface area contributed by atoms with Gasteiger partial charge in [-0.25, -0.2) is 9.59 Å². The first-order valence-corrected chi connectivity index (χ1v) is 14.9. The van der Waals surface area contributed by atoms with E-state index in [0.717, 1.165) is 38.5 Å². The van der Waals surface area contributed by atoms with Crippen LogP contribution >= 0.6 is 0 Å². The summed E-state index contributed by atoms with van der Waals surface area (Å²) in [6.45, 7) is 8.01. The summed E-state index contributed by atoms with van der Waals surface area (Å²) >= 11 is 0. The van der Waals surface area contributed by atoms with Crippen LogP contribution in [0.4, 0.5) is 0 Å². The van der Waals surface area contributed by atoms with Crippen LogP contribution in [-0.2, 0) is 9.59 Å². The highest BCUT2D eigenvalue weighted by Crippen LogP contribution is 2.20. The number of rotatable bonds is 20. The Kier molecular flexibility index (Phi) is 19.0. The first-order valence-electron chi connectivity index (χ1n) is 14.9. The highest BCUT2D eigenvalue weighted by atomic mass is 16.5. The predicted molar refractivity (Wildman–Crippen MR) is 168 cm³/mol. The van der Waals surface area contributed by atoms with Crippen LogP contribution in [-0.4, -0.2) is 29.0 Å². The summed E-state index contributed by atoms with van der Waals surface area (Å²) in [6, 6.07) is 5.13. The van der Waals surface area contributed by atoms with Crippen LogP contribution < -0.4 is 10.1 Å². The quantitative estimate of drug-likeness (QED) is 0.0944. The fourth-order valence-corrected chi connectivity index (χ4v) is 4.07. The van der Waals surface area contributed by atoms with Gasteiger partial charge in [0, 0.05) is 5.92 Å². The number of amides is 1. The van der Waals surface area contributed by atoms with Crippen LogP contribution in [0.25, 0.3) is 0 Å². The Bertz CT molecular complexity index is 1060. The molecule has 0 fully saturated rings. The second kappa shape index (κ2) is 22.1. The highest BCUT2D eigenvalue weighted by molar-refractivity contribution is 5.93. The second-order valence-corrected chi connectivity index (χ2v) is 10.3. The summed E-state index contributed by atoms with van der Waals surface area (Å²) in [5.41, 5.74) is -0.0982. The third kappa shape index (κ3) is 16.3. The number of ether oxygens (including phenoxy) is 1. The first kappa shape index (κ1) is 35.4. The third-order valence-electron chi connectivity index (χ3n) is 6.34. The van der Waals surface area contributed by atoms with Crippen molar-refractivity contribution in [2.75, 3.05) is 0 Å². The molecular formula is C35H49NO5. The number of carbonyl (C=O) groups is 3. The zero-order valence-electron chi connectivity index (χ0n) is 25.3. The number of esters is 1. The lowest BCUT2D eigenvalue weighted by molar-refractivity contribution is -0.140. The Hall–Kier alpha value is -3.67. The van der Waals surface area contributed by atoms with Crippen molar-refractivity contribution in [3.63, 3.8) is 0 Å². The van der Waals surface area contributed by atoms with Crippen molar-refractivity contribution in [1.82, 2.24) is 5.32 Å². The monoisotopic (exact) mass is 563 g/mol. The standard InChI is InChI=1S/C35H49NO5/c1-5-7-8-9-10-11-12-13-14-15-16-17-18-19-20-21-24-29(6-2)33(37)36-31(27-28(3)4)35(40)41-32-26-23-22-25-30(32)34(38)39/h7-8,10-11,13-14,16-17,19-20,22-23,25-26,28-29,31H,5-6,9,12,15,18,21,24,27H2,1-4H3,(H,36,37)(H,38,39). The number of aromatic carboxylic acids is 1. The fourth-order valence-electron chi connectivity index (χ4n) is 4.07. The van der Waals surface area contributed by atoms with Gasteiger partial charge in [-0.1, -0.05) is 101 Å². The lowest BCUT2D eigenvalue weighted by atomic mass is 9.97. The molecule has 2 atom stereocenters. The Labute approximate surface area is 247 Å². The molecule has 0 aromatic heterocycles. The van der Waals surface area contributed by atoms with Gasteiger partial charge in [-0.2, -0.15) is 0 Å². The van der Waals surface area contributed by atoms with E-state index in [0.29, 0.717) is 19.3 Å². The Morgan fingerprint density at radius 2 is 1.37 bits per heavy atom. The molecule has 0 saturated carbocycles. The molecule has 1 amide bonds. The molecular weight excluding hydrogens is 514 g/mol.